The zero-order valence-corrected chi connectivity index (χ0v) is 11.4. The van der Waals surface area contributed by atoms with Gasteiger partial charge >= 0.3 is 0 Å². The van der Waals surface area contributed by atoms with Gasteiger partial charge in [-0.1, -0.05) is 12.1 Å². The molecule has 0 radical (unpaired) electrons. The summed E-state index contributed by atoms with van der Waals surface area (Å²) < 4.78 is 18.8. The highest BCUT2D eigenvalue weighted by Crippen LogP contribution is 2.32. The molecule has 0 saturated heterocycles. The lowest BCUT2D eigenvalue weighted by Gasteiger charge is -2.03. The number of Topliss-reactive ketones (excluding diaryl/α,β-unsaturated/α-hetero) is 1. The van der Waals surface area contributed by atoms with Crippen molar-refractivity contribution in [1.82, 2.24) is 4.98 Å². The summed E-state index contributed by atoms with van der Waals surface area (Å²) in [5.41, 5.74) is 1.76. The minimum Gasteiger partial charge on any atom is -0.431 e. The average Bonchev–Trinajstić information content (AvgIpc) is 2.82. The molecular weight excluding hydrogens is 277 g/mol. The van der Waals surface area contributed by atoms with E-state index in [0.29, 0.717) is 21.3 Å². The van der Waals surface area contributed by atoms with E-state index in [2.05, 4.69) is 4.98 Å². The highest BCUT2D eigenvalue weighted by molar-refractivity contribution is 7.99. The first-order valence-electron chi connectivity index (χ1n) is 5.97. The summed E-state index contributed by atoms with van der Waals surface area (Å²) in [4.78, 5) is 16.5. The quantitative estimate of drug-likeness (QED) is 0.673. The van der Waals surface area contributed by atoms with Crippen molar-refractivity contribution < 1.29 is 13.6 Å². The Balaban J connectivity index is 2.00. The maximum absolute atomic E-state index is 13.2. The monoisotopic (exact) mass is 287 g/mol. The number of hydrogen-bond donors (Lipinski definition) is 0. The molecule has 100 valence electrons. The fourth-order valence-corrected chi connectivity index (χ4v) is 2.77. The van der Waals surface area contributed by atoms with Crippen LogP contribution in [0.1, 0.15) is 17.3 Å². The Morgan fingerprint density at radius 3 is 2.80 bits per heavy atom. The van der Waals surface area contributed by atoms with E-state index in [1.807, 2.05) is 24.3 Å². The summed E-state index contributed by atoms with van der Waals surface area (Å²) >= 11 is 1.21. The zero-order valence-electron chi connectivity index (χ0n) is 10.6. The average molecular weight is 287 g/mol. The number of carbonyl (C=O) groups excluding carboxylic acids is 1. The number of nitrogens with zero attached hydrogens (tertiary/aromatic N) is 1. The molecule has 20 heavy (non-hydrogen) atoms. The summed E-state index contributed by atoms with van der Waals surface area (Å²) in [6.07, 6.45) is 0. The van der Waals surface area contributed by atoms with Gasteiger partial charge in [0.2, 0.25) is 0 Å². The Bertz CT molecular complexity index is 764. The predicted octanol–water partition coefficient (Wildman–Crippen LogP) is 4.32. The molecule has 3 aromatic rings. The third-order valence-corrected chi connectivity index (χ3v) is 3.72. The summed E-state index contributed by atoms with van der Waals surface area (Å²) in [5, 5.41) is 0.431. The third-order valence-electron chi connectivity index (χ3n) is 2.79. The van der Waals surface area contributed by atoms with Gasteiger partial charge in [-0.15, -0.1) is 0 Å². The van der Waals surface area contributed by atoms with Gasteiger partial charge < -0.3 is 4.42 Å². The van der Waals surface area contributed by atoms with Crippen LogP contribution in [-0.4, -0.2) is 10.8 Å². The van der Waals surface area contributed by atoms with Crippen LogP contribution in [0.5, 0.6) is 0 Å². The Morgan fingerprint density at radius 1 is 1.25 bits per heavy atom. The molecule has 0 atom stereocenters. The van der Waals surface area contributed by atoms with Crippen molar-refractivity contribution in [3.8, 4) is 0 Å². The van der Waals surface area contributed by atoms with Gasteiger partial charge in [0.15, 0.2) is 11.4 Å². The summed E-state index contributed by atoms with van der Waals surface area (Å²) in [6.45, 7) is 1.41. The van der Waals surface area contributed by atoms with E-state index in [1.165, 1.54) is 30.8 Å². The maximum Gasteiger partial charge on any atom is 0.261 e. The molecule has 1 heterocycles. The number of fused-ring (bicyclic) bond motifs is 1. The SMILES string of the molecule is CC(=O)c1cc(F)ccc1Sc1nc2ccccc2o1. The van der Waals surface area contributed by atoms with Crippen LogP contribution >= 0.6 is 11.8 Å². The Labute approximate surface area is 118 Å². The normalized spacial score (nSPS) is 10.9. The molecule has 0 fully saturated rings. The minimum absolute atomic E-state index is 0.192. The van der Waals surface area contributed by atoms with Crippen molar-refractivity contribution in [3.63, 3.8) is 0 Å². The van der Waals surface area contributed by atoms with Crippen molar-refractivity contribution in [1.29, 1.82) is 0 Å². The van der Waals surface area contributed by atoms with Crippen LogP contribution in [0, 0.1) is 5.82 Å². The molecule has 3 rings (SSSR count). The molecule has 0 unspecified atom stereocenters. The van der Waals surface area contributed by atoms with Crippen molar-refractivity contribution in [2.45, 2.75) is 17.0 Å². The first-order valence-corrected chi connectivity index (χ1v) is 6.79. The van der Waals surface area contributed by atoms with Crippen LogP contribution < -0.4 is 0 Å². The first-order chi connectivity index (χ1) is 9.63. The molecule has 0 aliphatic rings. The van der Waals surface area contributed by atoms with Gasteiger partial charge in [-0.05, 0) is 49.0 Å². The minimum atomic E-state index is -0.433. The van der Waals surface area contributed by atoms with E-state index in [9.17, 15) is 9.18 Å². The van der Waals surface area contributed by atoms with Crippen LogP contribution in [0.15, 0.2) is 57.0 Å². The Morgan fingerprint density at radius 2 is 2.05 bits per heavy atom. The van der Waals surface area contributed by atoms with Crippen molar-refractivity contribution in [2.24, 2.45) is 0 Å². The molecule has 3 nitrogen and oxygen atoms in total. The second kappa shape index (κ2) is 5.09. The van der Waals surface area contributed by atoms with E-state index in [1.54, 1.807) is 6.07 Å². The molecule has 0 saturated carbocycles. The van der Waals surface area contributed by atoms with E-state index >= 15 is 0 Å². The molecule has 0 amide bonds. The zero-order chi connectivity index (χ0) is 14.1. The van der Waals surface area contributed by atoms with Crippen LogP contribution in [0.25, 0.3) is 11.1 Å². The lowest BCUT2D eigenvalue weighted by Crippen LogP contribution is -1.96. The smallest absolute Gasteiger partial charge is 0.261 e. The highest BCUT2D eigenvalue weighted by Gasteiger charge is 2.13. The van der Waals surface area contributed by atoms with E-state index in [-0.39, 0.29) is 5.78 Å². The van der Waals surface area contributed by atoms with Crippen LogP contribution in [0.4, 0.5) is 4.39 Å². The Hall–Kier alpha value is -2.14. The molecular formula is C15H10FNO2S. The van der Waals surface area contributed by atoms with Gasteiger partial charge in [0.05, 0.1) is 0 Å². The van der Waals surface area contributed by atoms with Crippen molar-refractivity contribution >= 4 is 28.6 Å². The molecule has 0 spiro atoms. The van der Waals surface area contributed by atoms with Gasteiger partial charge in [0.25, 0.3) is 5.22 Å². The maximum atomic E-state index is 13.2. The Kier molecular flexibility index (Phi) is 3.28. The van der Waals surface area contributed by atoms with Crippen LogP contribution in [0.2, 0.25) is 0 Å². The fraction of sp³-hybridized carbons (Fsp3) is 0.0667. The number of ketones is 1. The first kappa shape index (κ1) is 12.9. The summed E-state index contributed by atoms with van der Waals surface area (Å²) in [5.74, 6) is -0.625. The molecule has 1 aromatic heterocycles. The van der Waals surface area contributed by atoms with Gasteiger partial charge in [-0.3, -0.25) is 4.79 Å². The molecule has 0 bridgehead atoms. The number of para-hydroxylation sites is 2. The highest BCUT2D eigenvalue weighted by atomic mass is 32.2. The predicted molar refractivity (Wildman–Crippen MR) is 74.5 cm³/mol. The van der Waals surface area contributed by atoms with E-state index < -0.39 is 5.82 Å². The number of benzene rings is 2. The number of hydrogen-bond acceptors (Lipinski definition) is 4. The van der Waals surface area contributed by atoms with Crippen LogP contribution in [-0.2, 0) is 0 Å². The van der Waals surface area contributed by atoms with Gasteiger partial charge in [0, 0.05) is 10.5 Å². The largest absolute Gasteiger partial charge is 0.431 e. The number of halogens is 1. The summed E-state index contributed by atoms with van der Waals surface area (Å²) in [7, 11) is 0. The number of rotatable bonds is 3. The second-order valence-corrected chi connectivity index (χ2v) is 5.24. The van der Waals surface area contributed by atoms with Gasteiger partial charge in [0.1, 0.15) is 11.3 Å². The second-order valence-electron chi connectivity index (χ2n) is 4.25. The molecule has 0 aliphatic heterocycles. The number of oxazole rings is 1. The fourth-order valence-electron chi connectivity index (χ4n) is 1.86. The molecule has 2 aromatic carbocycles. The van der Waals surface area contributed by atoms with Crippen molar-refractivity contribution in [3.05, 3.63) is 53.8 Å². The van der Waals surface area contributed by atoms with Gasteiger partial charge in [-0.25, -0.2) is 9.37 Å². The standard InChI is InChI=1S/C15H10FNO2S/c1-9(18)11-8-10(16)6-7-14(11)20-15-17-12-4-2-3-5-13(12)19-15/h2-8H,1H3. The van der Waals surface area contributed by atoms with E-state index in [0.717, 1.165) is 5.52 Å². The summed E-state index contributed by atoms with van der Waals surface area (Å²) in [6, 6.07) is 11.5. The lowest BCUT2D eigenvalue weighted by atomic mass is 10.1. The topological polar surface area (TPSA) is 43.1 Å². The molecule has 0 N–H and O–H groups in total. The van der Waals surface area contributed by atoms with Crippen molar-refractivity contribution in [2.75, 3.05) is 0 Å². The van der Waals surface area contributed by atoms with Crippen LogP contribution in [0.3, 0.4) is 0 Å². The number of aromatic nitrogens is 1. The molecule has 5 heteroatoms. The van der Waals surface area contributed by atoms with Gasteiger partial charge in [-0.2, -0.15) is 0 Å². The van der Waals surface area contributed by atoms with E-state index in [4.69, 9.17) is 4.42 Å². The lowest BCUT2D eigenvalue weighted by molar-refractivity contribution is 0.101. The number of carbonyl (C=O) groups is 1. The third kappa shape index (κ3) is 2.44. The molecule has 0 aliphatic carbocycles.